The van der Waals surface area contributed by atoms with E-state index in [1.54, 1.807) is 0 Å². The van der Waals surface area contributed by atoms with E-state index < -0.39 is 29.4 Å². The summed E-state index contributed by atoms with van der Waals surface area (Å²) in [4.78, 5) is 0. The number of aliphatic hydroxyl groups excluding tert-OH is 2. The molecular weight excluding hydrogens is 246 g/mol. The Morgan fingerprint density at radius 2 is 1.93 bits per heavy atom. The van der Waals surface area contributed by atoms with Crippen LogP contribution in [0.4, 0.5) is 8.78 Å². The molecule has 0 heterocycles. The van der Waals surface area contributed by atoms with E-state index in [1.165, 1.54) is 0 Å². The molecule has 0 aliphatic carbocycles. The highest BCUT2D eigenvalue weighted by atomic mass is 35.5. The number of thiol groups is 1. The van der Waals surface area contributed by atoms with Crippen LogP contribution in [0.1, 0.15) is 11.7 Å². The van der Waals surface area contributed by atoms with Crippen LogP contribution < -0.4 is 0 Å². The molecule has 84 valence electrons. The molecule has 0 fully saturated rings. The van der Waals surface area contributed by atoms with Crippen LogP contribution in [0.25, 0.3) is 0 Å². The summed E-state index contributed by atoms with van der Waals surface area (Å²) < 4.78 is 26.5. The van der Waals surface area contributed by atoms with Gasteiger partial charge in [-0.25, -0.2) is 8.78 Å². The number of halogens is 3. The van der Waals surface area contributed by atoms with Gasteiger partial charge >= 0.3 is 0 Å². The average molecular weight is 255 g/mol. The molecule has 0 amide bonds. The Morgan fingerprint density at radius 3 is 2.47 bits per heavy atom. The van der Waals surface area contributed by atoms with Gasteiger partial charge < -0.3 is 10.2 Å². The SMILES string of the molecule is OC(CS)C(O)c1c(F)ccc(Cl)c1F. The Morgan fingerprint density at radius 1 is 1.33 bits per heavy atom. The zero-order valence-electron chi connectivity index (χ0n) is 7.49. The molecule has 0 aliphatic rings. The van der Waals surface area contributed by atoms with Crippen molar-refractivity contribution in [1.29, 1.82) is 0 Å². The summed E-state index contributed by atoms with van der Waals surface area (Å²) in [6.07, 6.45) is -3.03. The van der Waals surface area contributed by atoms with E-state index in [-0.39, 0.29) is 10.8 Å². The molecule has 1 rings (SSSR count). The third kappa shape index (κ3) is 2.60. The molecule has 1 aromatic rings. The van der Waals surface area contributed by atoms with Crippen molar-refractivity contribution in [1.82, 2.24) is 0 Å². The zero-order valence-corrected chi connectivity index (χ0v) is 9.14. The summed E-state index contributed by atoms with van der Waals surface area (Å²) in [5.74, 6) is -2.14. The molecule has 0 spiro atoms. The first-order chi connectivity index (χ1) is 6.99. The molecule has 6 heteroatoms. The lowest BCUT2D eigenvalue weighted by atomic mass is 10.0. The lowest BCUT2D eigenvalue weighted by molar-refractivity contribution is 0.0291. The fraction of sp³-hybridized carbons (Fsp3) is 0.333. The second kappa shape index (κ2) is 5.12. The molecule has 0 saturated heterocycles. The first-order valence-corrected chi connectivity index (χ1v) is 5.10. The zero-order chi connectivity index (χ0) is 11.6. The number of hydrogen-bond donors (Lipinski definition) is 3. The molecule has 2 unspecified atom stereocenters. The third-order valence-corrected chi connectivity index (χ3v) is 2.59. The van der Waals surface area contributed by atoms with E-state index >= 15 is 0 Å². The quantitative estimate of drug-likeness (QED) is 0.570. The Bertz CT molecular complexity index is 362. The Labute approximate surface area is 95.9 Å². The molecule has 0 aliphatic heterocycles. The third-order valence-electron chi connectivity index (χ3n) is 1.93. The molecular formula is C9H9ClF2O2S. The minimum atomic E-state index is -1.68. The van der Waals surface area contributed by atoms with Gasteiger partial charge in [-0.2, -0.15) is 12.6 Å². The van der Waals surface area contributed by atoms with Crippen molar-refractivity contribution in [2.75, 3.05) is 5.75 Å². The van der Waals surface area contributed by atoms with Crippen molar-refractivity contribution in [2.24, 2.45) is 0 Å². The molecule has 2 atom stereocenters. The second-order valence-electron chi connectivity index (χ2n) is 2.95. The van der Waals surface area contributed by atoms with Crippen LogP contribution >= 0.6 is 24.2 Å². The van der Waals surface area contributed by atoms with Gasteiger partial charge in [0.1, 0.15) is 11.9 Å². The largest absolute Gasteiger partial charge is 0.389 e. The summed E-state index contributed by atoms with van der Waals surface area (Å²) in [5, 5.41) is 18.3. The van der Waals surface area contributed by atoms with E-state index in [0.29, 0.717) is 0 Å². The van der Waals surface area contributed by atoms with Crippen molar-refractivity contribution in [3.63, 3.8) is 0 Å². The van der Waals surface area contributed by atoms with Crippen LogP contribution in [0.5, 0.6) is 0 Å². The molecule has 2 nitrogen and oxygen atoms in total. The van der Waals surface area contributed by atoms with Gasteiger partial charge in [-0.3, -0.25) is 0 Å². The minimum absolute atomic E-state index is 0.118. The van der Waals surface area contributed by atoms with E-state index in [4.69, 9.17) is 11.6 Å². The van der Waals surface area contributed by atoms with Crippen LogP contribution in [-0.4, -0.2) is 22.1 Å². The molecule has 15 heavy (non-hydrogen) atoms. The van der Waals surface area contributed by atoms with Crippen LogP contribution in [0.2, 0.25) is 5.02 Å². The second-order valence-corrected chi connectivity index (χ2v) is 3.72. The van der Waals surface area contributed by atoms with Crippen molar-refractivity contribution < 1.29 is 19.0 Å². The number of hydrogen-bond acceptors (Lipinski definition) is 3. The predicted octanol–water partition coefficient (Wildman–Crippen LogP) is 1.94. The summed E-state index contributed by atoms with van der Waals surface area (Å²) in [6.45, 7) is 0. The van der Waals surface area contributed by atoms with Crippen molar-refractivity contribution in [3.05, 3.63) is 34.4 Å². The number of rotatable bonds is 3. The smallest absolute Gasteiger partial charge is 0.150 e. The summed E-state index contributed by atoms with van der Waals surface area (Å²) >= 11 is 9.14. The van der Waals surface area contributed by atoms with Crippen LogP contribution in [0.15, 0.2) is 12.1 Å². The topological polar surface area (TPSA) is 40.5 Å². The van der Waals surface area contributed by atoms with Gasteiger partial charge in [-0.15, -0.1) is 0 Å². The maximum atomic E-state index is 13.3. The highest BCUT2D eigenvalue weighted by Gasteiger charge is 2.25. The molecule has 0 bridgehead atoms. The van der Waals surface area contributed by atoms with Crippen molar-refractivity contribution >= 4 is 24.2 Å². The molecule has 0 saturated carbocycles. The maximum Gasteiger partial charge on any atom is 0.150 e. The maximum absolute atomic E-state index is 13.3. The van der Waals surface area contributed by atoms with Crippen LogP contribution in [0, 0.1) is 11.6 Å². The van der Waals surface area contributed by atoms with Gasteiger partial charge in [0, 0.05) is 5.75 Å². The van der Waals surface area contributed by atoms with Crippen LogP contribution in [-0.2, 0) is 0 Å². The van der Waals surface area contributed by atoms with Gasteiger partial charge in [-0.05, 0) is 12.1 Å². The number of benzene rings is 1. The van der Waals surface area contributed by atoms with Gasteiger partial charge in [0.15, 0.2) is 5.82 Å². The van der Waals surface area contributed by atoms with E-state index in [0.717, 1.165) is 12.1 Å². The molecule has 0 radical (unpaired) electrons. The van der Waals surface area contributed by atoms with Crippen molar-refractivity contribution in [3.8, 4) is 0 Å². The fourth-order valence-corrected chi connectivity index (χ4v) is 1.47. The fourth-order valence-electron chi connectivity index (χ4n) is 1.11. The monoisotopic (exact) mass is 254 g/mol. The molecule has 0 aromatic heterocycles. The summed E-state index contributed by atoms with van der Waals surface area (Å²) in [6, 6.07) is 1.96. The van der Waals surface area contributed by atoms with E-state index in [2.05, 4.69) is 12.6 Å². The Hall–Kier alpha value is -0.360. The lowest BCUT2D eigenvalue weighted by Crippen LogP contribution is -2.22. The molecule has 2 N–H and O–H groups in total. The van der Waals surface area contributed by atoms with Gasteiger partial charge in [0.05, 0.1) is 16.7 Å². The summed E-state index contributed by atoms with van der Waals surface area (Å²) in [7, 11) is 0. The first-order valence-electron chi connectivity index (χ1n) is 4.09. The van der Waals surface area contributed by atoms with E-state index in [1.807, 2.05) is 0 Å². The Balaban J connectivity index is 3.18. The van der Waals surface area contributed by atoms with Gasteiger partial charge in [-0.1, -0.05) is 11.6 Å². The predicted molar refractivity (Wildman–Crippen MR) is 56.2 cm³/mol. The highest BCUT2D eigenvalue weighted by Crippen LogP contribution is 2.28. The van der Waals surface area contributed by atoms with Crippen molar-refractivity contribution in [2.45, 2.75) is 12.2 Å². The number of aliphatic hydroxyl groups is 2. The van der Waals surface area contributed by atoms with Gasteiger partial charge in [0.2, 0.25) is 0 Å². The first kappa shape index (κ1) is 12.7. The average Bonchev–Trinajstić information content (AvgIpc) is 2.22. The Kier molecular flexibility index (Phi) is 4.33. The highest BCUT2D eigenvalue weighted by molar-refractivity contribution is 7.80. The molecule has 1 aromatic carbocycles. The lowest BCUT2D eigenvalue weighted by Gasteiger charge is -2.17. The standard InChI is InChI=1S/C9H9ClF2O2S/c10-4-1-2-5(11)7(8(4)12)9(14)6(13)3-15/h1-2,6,9,13-15H,3H2. The van der Waals surface area contributed by atoms with E-state index in [9.17, 15) is 19.0 Å². The van der Waals surface area contributed by atoms with Gasteiger partial charge in [0.25, 0.3) is 0 Å². The van der Waals surface area contributed by atoms with Crippen LogP contribution in [0.3, 0.4) is 0 Å². The summed E-state index contributed by atoms with van der Waals surface area (Å²) in [5.41, 5.74) is -0.635. The minimum Gasteiger partial charge on any atom is -0.389 e. The normalized spacial score (nSPS) is 15.1.